The zero-order valence-electron chi connectivity index (χ0n) is 8.87. The number of aromatic nitrogens is 2. The third-order valence-electron chi connectivity index (χ3n) is 1.97. The molecule has 15 heavy (non-hydrogen) atoms. The van der Waals surface area contributed by atoms with Crippen LogP contribution in [0.2, 0.25) is 5.15 Å². The molecule has 0 aliphatic carbocycles. The summed E-state index contributed by atoms with van der Waals surface area (Å²) in [5.74, 6) is 1.93. The average molecular weight is 246 g/mol. The Morgan fingerprint density at radius 2 is 2.07 bits per heavy atom. The molecule has 5 heteroatoms. The van der Waals surface area contributed by atoms with Gasteiger partial charge in [-0.15, -0.1) is 0 Å². The molecule has 1 aromatic rings. The summed E-state index contributed by atoms with van der Waals surface area (Å²) >= 11 is 7.74. The summed E-state index contributed by atoms with van der Waals surface area (Å²) in [5, 5.41) is 3.62. The van der Waals surface area contributed by atoms with Crippen LogP contribution in [0.25, 0.3) is 0 Å². The van der Waals surface area contributed by atoms with Gasteiger partial charge in [-0.25, -0.2) is 9.97 Å². The van der Waals surface area contributed by atoms with E-state index < -0.39 is 0 Å². The molecular formula is C10H16ClN3S. The maximum Gasteiger partial charge on any atom is 0.171 e. The predicted molar refractivity (Wildman–Crippen MR) is 67.8 cm³/mol. The number of nitrogens with zero attached hydrogens (tertiary/aromatic N) is 2. The van der Waals surface area contributed by atoms with Gasteiger partial charge < -0.3 is 5.32 Å². The molecule has 0 radical (unpaired) electrons. The highest BCUT2D eigenvalue weighted by Gasteiger charge is 1.99. The topological polar surface area (TPSA) is 37.8 Å². The molecule has 84 valence electrons. The maximum absolute atomic E-state index is 5.85. The Morgan fingerprint density at radius 3 is 2.80 bits per heavy atom. The lowest BCUT2D eigenvalue weighted by Crippen LogP contribution is -2.04. The molecule has 0 aliphatic rings. The van der Waals surface area contributed by atoms with E-state index in [0.29, 0.717) is 11.0 Å². The van der Waals surface area contributed by atoms with Gasteiger partial charge in [0.15, 0.2) is 11.0 Å². The minimum atomic E-state index is 0.446. The number of thioether (sulfide) groups is 1. The van der Waals surface area contributed by atoms with E-state index in [0.717, 1.165) is 13.0 Å². The SMILES string of the molecule is CSCCCCCNc1nccnc1Cl. The Bertz CT molecular complexity index is 283. The van der Waals surface area contributed by atoms with Crippen molar-refractivity contribution in [3.63, 3.8) is 0 Å². The Kier molecular flexibility index (Phi) is 6.52. The number of unbranched alkanes of at least 4 members (excludes halogenated alkanes) is 2. The second-order valence-corrected chi connectivity index (χ2v) is 4.52. The molecule has 1 N–H and O–H groups in total. The molecule has 0 saturated carbocycles. The van der Waals surface area contributed by atoms with Crippen LogP contribution < -0.4 is 5.32 Å². The van der Waals surface area contributed by atoms with E-state index in [9.17, 15) is 0 Å². The first-order valence-corrected chi connectivity index (χ1v) is 6.81. The molecule has 0 amide bonds. The van der Waals surface area contributed by atoms with Crippen LogP contribution in [-0.4, -0.2) is 28.5 Å². The van der Waals surface area contributed by atoms with E-state index in [1.165, 1.54) is 18.6 Å². The average Bonchev–Trinajstić information content (AvgIpc) is 2.25. The number of rotatable bonds is 7. The normalized spacial score (nSPS) is 10.3. The minimum Gasteiger partial charge on any atom is -0.368 e. The molecule has 0 aromatic carbocycles. The van der Waals surface area contributed by atoms with Crippen LogP contribution in [0.5, 0.6) is 0 Å². The minimum absolute atomic E-state index is 0.446. The summed E-state index contributed by atoms with van der Waals surface area (Å²) in [6.07, 6.45) is 9.03. The lowest BCUT2D eigenvalue weighted by Gasteiger charge is -2.05. The van der Waals surface area contributed by atoms with Crippen LogP contribution in [0.1, 0.15) is 19.3 Å². The summed E-state index contributed by atoms with van der Waals surface area (Å²) in [4.78, 5) is 8.05. The molecule has 0 bridgehead atoms. The monoisotopic (exact) mass is 245 g/mol. The fourth-order valence-corrected chi connectivity index (χ4v) is 1.86. The highest BCUT2D eigenvalue weighted by atomic mass is 35.5. The molecule has 3 nitrogen and oxygen atoms in total. The molecule has 1 aromatic heterocycles. The van der Waals surface area contributed by atoms with Crippen molar-refractivity contribution in [2.75, 3.05) is 23.9 Å². The van der Waals surface area contributed by atoms with Crippen LogP contribution in [0.3, 0.4) is 0 Å². The van der Waals surface area contributed by atoms with Crippen LogP contribution in [-0.2, 0) is 0 Å². The number of nitrogens with one attached hydrogen (secondary N) is 1. The van der Waals surface area contributed by atoms with E-state index in [2.05, 4.69) is 21.5 Å². The molecule has 0 atom stereocenters. The summed E-state index contributed by atoms with van der Waals surface area (Å²) in [6.45, 7) is 0.910. The van der Waals surface area contributed by atoms with Crippen LogP contribution >= 0.6 is 23.4 Å². The molecule has 0 aliphatic heterocycles. The van der Waals surface area contributed by atoms with Crippen molar-refractivity contribution in [2.45, 2.75) is 19.3 Å². The van der Waals surface area contributed by atoms with E-state index in [-0.39, 0.29) is 0 Å². The Labute approximate surface area is 100 Å². The maximum atomic E-state index is 5.85. The number of hydrogen-bond acceptors (Lipinski definition) is 4. The standard InChI is InChI=1S/C10H16ClN3S/c1-15-8-4-2-3-5-13-10-9(11)12-6-7-14-10/h6-7H,2-5,8H2,1H3,(H,13,14). The van der Waals surface area contributed by atoms with Gasteiger partial charge in [0.2, 0.25) is 0 Å². The van der Waals surface area contributed by atoms with Gasteiger partial charge in [-0.1, -0.05) is 18.0 Å². The number of anilines is 1. The summed E-state index contributed by atoms with van der Waals surface area (Å²) in [5.41, 5.74) is 0. The zero-order valence-corrected chi connectivity index (χ0v) is 10.4. The first kappa shape index (κ1) is 12.6. The Balaban J connectivity index is 2.12. The van der Waals surface area contributed by atoms with Gasteiger partial charge in [-0.2, -0.15) is 11.8 Å². The largest absolute Gasteiger partial charge is 0.368 e. The molecule has 0 spiro atoms. The second-order valence-electron chi connectivity index (χ2n) is 3.18. The van der Waals surface area contributed by atoms with Gasteiger partial charge in [0, 0.05) is 18.9 Å². The molecule has 0 fully saturated rings. The van der Waals surface area contributed by atoms with Gasteiger partial charge in [-0.05, 0) is 24.9 Å². The lowest BCUT2D eigenvalue weighted by atomic mass is 10.2. The Morgan fingerprint density at radius 1 is 1.27 bits per heavy atom. The fourth-order valence-electron chi connectivity index (χ4n) is 1.19. The van der Waals surface area contributed by atoms with Crippen molar-refractivity contribution in [3.8, 4) is 0 Å². The third-order valence-corrected chi connectivity index (χ3v) is 2.94. The van der Waals surface area contributed by atoms with Crippen LogP contribution in [0, 0.1) is 0 Å². The third kappa shape index (κ3) is 5.23. The lowest BCUT2D eigenvalue weighted by molar-refractivity contribution is 0.748. The molecular weight excluding hydrogens is 230 g/mol. The van der Waals surface area contributed by atoms with Gasteiger partial charge in [0.25, 0.3) is 0 Å². The van der Waals surface area contributed by atoms with E-state index in [1.54, 1.807) is 12.4 Å². The first-order chi connectivity index (χ1) is 7.34. The van der Waals surface area contributed by atoms with Crippen molar-refractivity contribution < 1.29 is 0 Å². The van der Waals surface area contributed by atoms with Gasteiger partial charge in [0.1, 0.15) is 0 Å². The predicted octanol–water partition coefficient (Wildman–Crippen LogP) is 3.08. The highest BCUT2D eigenvalue weighted by Crippen LogP contribution is 2.14. The van der Waals surface area contributed by atoms with E-state index in [1.807, 2.05) is 11.8 Å². The van der Waals surface area contributed by atoms with Crippen LogP contribution in [0.15, 0.2) is 12.4 Å². The van der Waals surface area contributed by atoms with Crippen molar-refractivity contribution in [2.24, 2.45) is 0 Å². The molecule has 1 heterocycles. The molecule has 1 rings (SSSR count). The summed E-state index contributed by atoms with van der Waals surface area (Å²) in [6, 6.07) is 0. The zero-order chi connectivity index (χ0) is 10.9. The van der Waals surface area contributed by atoms with E-state index >= 15 is 0 Å². The van der Waals surface area contributed by atoms with Gasteiger partial charge in [0.05, 0.1) is 0 Å². The quantitative estimate of drug-likeness (QED) is 0.750. The van der Waals surface area contributed by atoms with Crippen molar-refractivity contribution >= 4 is 29.2 Å². The summed E-state index contributed by atoms with van der Waals surface area (Å²) in [7, 11) is 0. The summed E-state index contributed by atoms with van der Waals surface area (Å²) < 4.78 is 0. The Hall–Kier alpha value is -0.480. The highest BCUT2D eigenvalue weighted by molar-refractivity contribution is 7.98. The first-order valence-electron chi connectivity index (χ1n) is 5.04. The number of hydrogen-bond donors (Lipinski definition) is 1. The van der Waals surface area contributed by atoms with Gasteiger partial charge >= 0.3 is 0 Å². The van der Waals surface area contributed by atoms with Crippen molar-refractivity contribution in [3.05, 3.63) is 17.5 Å². The smallest absolute Gasteiger partial charge is 0.171 e. The van der Waals surface area contributed by atoms with Gasteiger partial charge in [-0.3, -0.25) is 0 Å². The van der Waals surface area contributed by atoms with Crippen molar-refractivity contribution in [1.82, 2.24) is 9.97 Å². The number of halogens is 1. The van der Waals surface area contributed by atoms with Crippen LogP contribution in [0.4, 0.5) is 5.82 Å². The van der Waals surface area contributed by atoms with E-state index in [4.69, 9.17) is 11.6 Å². The molecule has 0 saturated heterocycles. The fraction of sp³-hybridized carbons (Fsp3) is 0.600. The molecule has 0 unspecified atom stereocenters. The van der Waals surface area contributed by atoms with Crippen molar-refractivity contribution in [1.29, 1.82) is 0 Å². The second kappa shape index (κ2) is 7.77.